The fourth-order valence-electron chi connectivity index (χ4n) is 2.00. The molecule has 86 valence electrons. The molecule has 0 bridgehead atoms. The van der Waals surface area contributed by atoms with Crippen molar-refractivity contribution in [3.8, 4) is 0 Å². The molecule has 2 unspecified atom stereocenters. The van der Waals surface area contributed by atoms with Gasteiger partial charge in [-0.3, -0.25) is 0 Å². The number of hydrogen-bond donors (Lipinski definition) is 1. The van der Waals surface area contributed by atoms with Crippen LogP contribution in [0.4, 0.5) is 0 Å². The summed E-state index contributed by atoms with van der Waals surface area (Å²) in [7, 11) is 0. The van der Waals surface area contributed by atoms with Crippen LogP contribution in [0.25, 0.3) is 0 Å². The molecule has 0 aliphatic heterocycles. The van der Waals surface area contributed by atoms with Crippen LogP contribution >= 0.6 is 23.7 Å². The Kier molecular flexibility index (Phi) is 5.10. The van der Waals surface area contributed by atoms with Gasteiger partial charge in [0, 0.05) is 17.5 Å². The first-order valence-corrected chi connectivity index (χ1v) is 6.45. The largest absolute Gasteiger partial charge is 0.309 e. The zero-order chi connectivity index (χ0) is 9.97. The van der Waals surface area contributed by atoms with Gasteiger partial charge < -0.3 is 5.32 Å². The molecule has 2 atom stereocenters. The molecular formula is C12H20ClNS. The van der Waals surface area contributed by atoms with Gasteiger partial charge in [-0.15, -0.1) is 23.7 Å². The lowest BCUT2D eigenvalue weighted by Gasteiger charge is -2.02. The van der Waals surface area contributed by atoms with Crippen LogP contribution in [0.5, 0.6) is 0 Å². The van der Waals surface area contributed by atoms with E-state index >= 15 is 0 Å². The third-order valence-corrected chi connectivity index (χ3v) is 4.10. The first kappa shape index (κ1) is 13.0. The van der Waals surface area contributed by atoms with Crippen LogP contribution in [0, 0.1) is 12.8 Å². The molecule has 1 aliphatic carbocycles. The van der Waals surface area contributed by atoms with E-state index in [0.29, 0.717) is 0 Å². The van der Waals surface area contributed by atoms with Gasteiger partial charge in [-0.05, 0) is 42.7 Å². The van der Waals surface area contributed by atoms with Gasteiger partial charge in [0.2, 0.25) is 0 Å². The molecule has 0 aromatic carbocycles. The molecular weight excluding hydrogens is 226 g/mol. The summed E-state index contributed by atoms with van der Waals surface area (Å²) in [6, 6.07) is 3.02. The molecule has 0 amide bonds. The molecule has 1 heterocycles. The average Bonchev–Trinajstić information content (AvgIpc) is 2.78. The molecule has 1 aliphatic rings. The molecule has 1 fully saturated rings. The van der Waals surface area contributed by atoms with Crippen molar-refractivity contribution in [2.75, 3.05) is 0 Å². The van der Waals surface area contributed by atoms with Crippen molar-refractivity contribution in [3.63, 3.8) is 0 Å². The Morgan fingerprint density at radius 3 is 2.93 bits per heavy atom. The maximum atomic E-state index is 3.65. The number of nitrogens with one attached hydrogen (secondary N) is 1. The van der Waals surface area contributed by atoms with Crippen LogP contribution in [0.15, 0.2) is 11.4 Å². The molecule has 3 heteroatoms. The van der Waals surface area contributed by atoms with E-state index in [1.54, 1.807) is 0 Å². The maximum Gasteiger partial charge on any atom is 0.0305 e. The van der Waals surface area contributed by atoms with Crippen LogP contribution in [0.2, 0.25) is 0 Å². The van der Waals surface area contributed by atoms with Crippen molar-refractivity contribution >= 4 is 23.7 Å². The highest BCUT2D eigenvalue weighted by Crippen LogP contribution is 2.34. The first-order valence-electron chi connectivity index (χ1n) is 5.57. The molecule has 0 spiro atoms. The third-order valence-electron chi connectivity index (χ3n) is 3.08. The van der Waals surface area contributed by atoms with Crippen LogP contribution in [-0.4, -0.2) is 6.04 Å². The summed E-state index contributed by atoms with van der Waals surface area (Å²) in [5, 5.41) is 5.83. The lowest BCUT2D eigenvalue weighted by molar-refractivity contribution is 0.601. The predicted molar refractivity (Wildman–Crippen MR) is 69.9 cm³/mol. The van der Waals surface area contributed by atoms with E-state index in [1.807, 2.05) is 11.3 Å². The van der Waals surface area contributed by atoms with E-state index in [4.69, 9.17) is 0 Å². The second-order valence-corrected chi connectivity index (χ2v) is 5.30. The molecule has 2 rings (SSSR count). The highest BCUT2D eigenvalue weighted by molar-refractivity contribution is 7.10. The Labute approximate surface area is 103 Å². The summed E-state index contributed by atoms with van der Waals surface area (Å²) in [4.78, 5) is 1.51. The summed E-state index contributed by atoms with van der Waals surface area (Å²) in [5.41, 5.74) is 1.44. The Morgan fingerprint density at radius 1 is 1.53 bits per heavy atom. The van der Waals surface area contributed by atoms with Crippen molar-refractivity contribution < 1.29 is 0 Å². The minimum atomic E-state index is 0. The smallest absolute Gasteiger partial charge is 0.0305 e. The van der Waals surface area contributed by atoms with E-state index in [1.165, 1.54) is 29.7 Å². The molecule has 0 saturated heterocycles. The van der Waals surface area contributed by atoms with E-state index in [9.17, 15) is 0 Å². The van der Waals surface area contributed by atoms with E-state index in [2.05, 4.69) is 30.6 Å². The average molecular weight is 246 g/mol. The standard InChI is InChI=1S/C12H19NS.ClH/c1-3-4-10-7-11(10)13-8-12-9(2)5-6-14-12;/h5-6,10-11,13H,3-4,7-8H2,1-2H3;1H. The van der Waals surface area contributed by atoms with Crippen molar-refractivity contribution in [2.24, 2.45) is 5.92 Å². The monoisotopic (exact) mass is 245 g/mol. The highest BCUT2D eigenvalue weighted by atomic mass is 35.5. The molecule has 1 N–H and O–H groups in total. The maximum absolute atomic E-state index is 3.65. The first-order chi connectivity index (χ1) is 6.81. The number of hydrogen-bond acceptors (Lipinski definition) is 2. The van der Waals surface area contributed by atoms with Gasteiger partial charge in [0.15, 0.2) is 0 Å². The van der Waals surface area contributed by atoms with Gasteiger partial charge in [-0.25, -0.2) is 0 Å². The lowest BCUT2D eigenvalue weighted by atomic mass is 10.2. The van der Waals surface area contributed by atoms with Crippen molar-refractivity contribution in [1.29, 1.82) is 0 Å². The SMILES string of the molecule is CCCC1CC1NCc1sccc1C.Cl. The number of aryl methyl sites for hydroxylation is 1. The molecule has 1 nitrogen and oxygen atoms in total. The van der Waals surface area contributed by atoms with Crippen LogP contribution in [-0.2, 0) is 6.54 Å². The second kappa shape index (κ2) is 5.88. The van der Waals surface area contributed by atoms with Gasteiger partial charge in [0.05, 0.1) is 0 Å². The van der Waals surface area contributed by atoms with Gasteiger partial charge in [-0.1, -0.05) is 13.3 Å². The van der Waals surface area contributed by atoms with E-state index in [-0.39, 0.29) is 12.4 Å². The molecule has 1 aromatic rings. The summed E-state index contributed by atoms with van der Waals surface area (Å²) in [6.07, 6.45) is 4.14. The third kappa shape index (κ3) is 3.47. The Bertz CT molecular complexity index is 298. The Morgan fingerprint density at radius 2 is 2.33 bits per heavy atom. The van der Waals surface area contributed by atoms with Gasteiger partial charge in [-0.2, -0.15) is 0 Å². The summed E-state index contributed by atoms with van der Waals surface area (Å²) in [6.45, 7) is 5.55. The minimum Gasteiger partial charge on any atom is -0.309 e. The fraction of sp³-hybridized carbons (Fsp3) is 0.667. The van der Waals surface area contributed by atoms with Crippen molar-refractivity contribution in [1.82, 2.24) is 5.32 Å². The van der Waals surface area contributed by atoms with Crippen LogP contribution in [0.3, 0.4) is 0 Å². The predicted octanol–water partition coefficient (Wildman–Crippen LogP) is 3.76. The van der Waals surface area contributed by atoms with Crippen molar-refractivity contribution in [2.45, 2.75) is 45.7 Å². The zero-order valence-electron chi connectivity index (χ0n) is 9.45. The second-order valence-electron chi connectivity index (χ2n) is 4.30. The van der Waals surface area contributed by atoms with Crippen LogP contribution in [0.1, 0.15) is 36.6 Å². The lowest BCUT2D eigenvalue weighted by Crippen LogP contribution is -2.17. The Hall–Kier alpha value is -0.0500. The van der Waals surface area contributed by atoms with Gasteiger partial charge in [0.25, 0.3) is 0 Å². The van der Waals surface area contributed by atoms with Gasteiger partial charge in [0.1, 0.15) is 0 Å². The van der Waals surface area contributed by atoms with E-state index < -0.39 is 0 Å². The number of halogens is 1. The fourth-order valence-corrected chi connectivity index (χ4v) is 2.85. The summed E-state index contributed by atoms with van der Waals surface area (Å²) < 4.78 is 0. The highest BCUT2D eigenvalue weighted by Gasteiger charge is 2.35. The van der Waals surface area contributed by atoms with Gasteiger partial charge >= 0.3 is 0 Å². The quantitative estimate of drug-likeness (QED) is 0.833. The Balaban J connectivity index is 0.00000112. The topological polar surface area (TPSA) is 12.0 Å². The molecule has 15 heavy (non-hydrogen) atoms. The molecule has 1 saturated carbocycles. The summed E-state index contributed by atoms with van der Waals surface area (Å²) in [5.74, 6) is 0.972. The number of thiophene rings is 1. The zero-order valence-corrected chi connectivity index (χ0v) is 11.1. The van der Waals surface area contributed by atoms with Crippen LogP contribution < -0.4 is 5.32 Å². The minimum absolute atomic E-state index is 0. The number of rotatable bonds is 5. The molecule has 1 aromatic heterocycles. The summed E-state index contributed by atoms with van der Waals surface area (Å²) >= 11 is 1.87. The normalized spacial score (nSPS) is 23.6. The van der Waals surface area contributed by atoms with Crippen molar-refractivity contribution in [3.05, 3.63) is 21.9 Å². The molecule has 0 radical (unpaired) electrons. The van der Waals surface area contributed by atoms with E-state index in [0.717, 1.165) is 18.5 Å².